The van der Waals surface area contributed by atoms with Gasteiger partial charge in [-0.2, -0.15) is 0 Å². The molecule has 0 saturated carbocycles. The fourth-order valence-corrected chi connectivity index (χ4v) is 0. The van der Waals surface area contributed by atoms with Crippen molar-refractivity contribution in [3.05, 3.63) is 15.3 Å². The standard InChI is InChI=1S/C2H4O2.Lu.NO3/c1-2(3)4;;2-1(3)4/h1H3,(H,3,4);;/q;;-1. The second kappa shape index (κ2) is 10.8. The Labute approximate surface area is 79.8 Å². The van der Waals surface area contributed by atoms with Crippen molar-refractivity contribution in [2.24, 2.45) is 0 Å². The molecule has 0 aromatic carbocycles. The van der Waals surface area contributed by atoms with Gasteiger partial charge in [-0.15, -0.1) is 0 Å². The summed E-state index contributed by atoms with van der Waals surface area (Å²) in [6.07, 6.45) is 0. The van der Waals surface area contributed by atoms with E-state index in [1.807, 2.05) is 0 Å². The Hall–Kier alpha value is -0.0962. The van der Waals surface area contributed by atoms with Gasteiger partial charge >= 0.3 is 0 Å². The molecule has 9 heavy (non-hydrogen) atoms. The summed E-state index contributed by atoms with van der Waals surface area (Å²) in [7, 11) is 0. The summed E-state index contributed by atoms with van der Waals surface area (Å²) in [4.78, 5) is 17.2. The van der Waals surface area contributed by atoms with Gasteiger partial charge in [0.25, 0.3) is 5.97 Å². The van der Waals surface area contributed by atoms with Crippen molar-refractivity contribution in [1.29, 1.82) is 0 Å². The third kappa shape index (κ3) is 29700. The summed E-state index contributed by atoms with van der Waals surface area (Å²) in [5.41, 5.74) is 0. The summed E-state index contributed by atoms with van der Waals surface area (Å²) < 4.78 is 0. The Morgan fingerprint density at radius 3 is 1.56 bits per heavy atom. The third-order valence-corrected chi connectivity index (χ3v) is 0. The summed E-state index contributed by atoms with van der Waals surface area (Å²) in [6, 6.07) is 0. The number of aliphatic carboxylic acids is 1. The van der Waals surface area contributed by atoms with E-state index in [0.29, 0.717) is 0 Å². The van der Waals surface area contributed by atoms with Crippen LogP contribution >= 0.6 is 0 Å². The van der Waals surface area contributed by atoms with Gasteiger partial charge in [-0.1, -0.05) is 0 Å². The van der Waals surface area contributed by atoms with Gasteiger partial charge < -0.3 is 20.4 Å². The van der Waals surface area contributed by atoms with E-state index < -0.39 is 11.1 Å². The van der Waals surface area contributed by atoms with E-state index in [1.54, 1.807) is 0 Å². The van der Waals surface area contributed by atoms with Gasteiger partial charge in [-0.05, 0) is 0 Å². The monoisotopic (exact) mass is 297 g/mol. The first-order valence-corrected chi connectivity index (χ1v) is 1.48. The fraction of sp³-hybridized carbons (Fsp3) is 0.500. The van der Waals surface area contributed by atoms with Crippen molar-refractivity contribution >= 4 is 5.97 Å². The predicted octanol–water partition coefficient (Wildman–Crippen LogP) is -0.148. The minimum Gasteiger partial charge on any atom is -0.481 e. The zero-order valence-corrected chi connectivity index (χ0v) is 5.94. The maximum Gasteiger partial charge on any atom is 0.300 e. The van der Waals surface area contributed by atoms with Gasteiger partial charge in [0.1, 0.15) is 0 Å². The maximum absolute atomic E-state index is 9.00. The van der Waals surface area contributed by atoms with Gasteiger partial charge in [-0.3, -0.25) is 4.79 Å². The molecule has 0 spiro atoms. The van der Waals surface area contributed by atoms with E-state index >= 15 is 0 Å². The number of hydrogen-bond acceptors (Lipinski definition) is 4. The molecule has 0 saturated heterocycles. The molecular weight excluding hydrogens is 293 g/mol. The normalized spacial score (nSPS) is 5.44. The Bertz CT molecular complexity index is 73.0. The van der Waals surface area contributed by atoms with Crippen LogP contribution < -0.4 is 0 Å². The van der Waals surface area contributed by atoms with Crippen molar-refractivity contribution in [2.45, 2.75) is 6.92 Å². The molecule has 0 unspecified atom stereocenters. The van der Waals surface area contributed by atoms with Crippen LogP contribution in [-0.4, -0.2) is 16.2 Å². The van der Waals surface area contributed by atoms with Crippen molar-refractivity contribution < 1.29 is 51.9 Å². The van der Waals surface area contributed by atoms with Crippen LogP contribution in [0.25, 0.3) is 0 Å². The molecule has 1 N–H and O–H groups in total. The van der Waals surface area contributed by atoms with Crippen molar-refractivity contribution in [2.75, 3.05) is 0 Å². The molecule has 0 rings (SSSR count). The van der Waals surface area contributed by atoms with Crippen molar-refractivity contribution in [3.63, 3.8) is 0 Å². The number of rotatable bonds is 0. The second-order valence-electron chi connectivity index (χ2n) is 0.743. The summed E-state index contributed by atoms with van der Waals surface area (Å²) in [6.45, 7) is 1.08. The number of hydrogen-bond donors (Lipinski definition) is 1. The van der Waals surface area contributed by atoms with Crippen molar-refractivity contribution in [1.82, 2.24) is 0 Å². The molecule has 0 heterocycles. The SMILES string of the molecule is CC(=O)O.O=[N+]([O-])[O-].[Lu]. The summed E-state index contributed by atoms with van der Waals surface area (Å²) >= 11 is 0. The summed E-state index contributed by atoms with van der Waals surface area (Å²) in [5, 5.41) is 22.2. The molecule has 0 aliphatic carbocycles. The van der Waals surface area contributed by atoms with E-state index in [-0.39, 0.29) is 36.9 Å². The molecule has 7 heteroatoms. The van der Waals surface area contributed by atoms with Crippen LogP contribution in [0.5, 0.6) is 0 Å². The number of carboxylic acid groups (broad SMARTS) is 1. The third-order valence-electron chi connectivity index (χ3n) is 0. The van der Waals surface area contributed by atoms with E-state index in [2.05, 4.69) is 0 Å². The molecule has 6 nitrogen and oxygen atoms in total. The van der Waals surface area contributed by atoms with Gasteiger partial charge in [-0.25, -0.2) is 0 Å². The molecular formula is C2H4LuNO5-. The number of carboxylic acids is 1. The van der Waals surface area contributed by atoms with E-state index in [4.69, 9.17) is 25.2 Å². The average molecular weight is 297 g/mol. The topological polar surface area (TPSA) is 104 Å². The van der Waals surface area contributed by atoms with Crippen LogP contribution in [0.4, 0.5) is 0 Å². The molecule has 1 radical (unpaired) electrons. The molecule has 0 aliphatic rings. The van der Waals surface area contributed by atoms with Crippen LogP contribution in [0.1, 0.15) is 6.92 Å². The first-order chi connectivity index (χ1) is 3.46. The smallest absolute Gasteiger partial charge is 0.300 e. The zero-order valence-electron chi connectivity index (χ0n) is 4.29. The average Bonchev–Trinajstić information content (AvgIpc) is 1.25. The Balaban J connectivity index is -0.0000000720. The molecule has 0 amide bonds. The molecule has 0 fully saturated rings. The van der Waals surface area contributed by atoms with E-state index in [9.17, 15) is 0 Å². The Morgan fingerprint density at radius 2 is 1.56 bits per heavy atom. The van der Waals surface area contributed by atoms with Crippen LogP contribution in [0, 0.1) is 52.2 Å². The van der Waals surface area contributed by atoms with Crippen molar-refractivity contribution in [3.8, 4) is 0 Å². The van der Waals surface area contributed by atoms with E-state index in [0.717, 1.165) is 6.92 Å². The maximum atomic E-state index is 9.00. The largest absolute Gasteiger partial charge is 0.481 e. The van der Waals surface area contributed by atoms with Crippen LogP contribution in [0.15, 0.2) is 0 Å². The molecule has 0 aromatic heterocycles. The van der Waals surface area contributed by atoms with Crippen LogP contribution in [-0.2, 0) is 4.79 Å². The number of nitrogens with zero attached hydrogens (tertiary/aromatic N) is 1. The van der Waals surface area contributed by atoms with Crippen LogP contribution in [0.2, 0.25) is 0 Å². The quantitative estimate of drug-likeness (QED) is 0.495. The molecule has 0 aromatic rings. The summed E-state index contributed by atoms with van der Waals surface area (Å²) in [5.74, 6) is -0.833. The van der Waals surface area contributed by atoms with E-state index in [1.165, 1.54) is 0 Å². The molecule has 0 atom stereocenters. The zero-order chi connectivity index (χ0) is 7.15. The van der Waals surface area contributed by atoms with Crippen LogP contribution in [0.3, 0.4) is 0 Å². The molecule has 0 aliphatic heterocycles. The van der Waals surface area contributed by atoms with Gasteiger partial charge in [0.2, 0.25) is 0 Å². The first kappa shape index (κ1) is 16.0. The molecule has 63 valence electrons. The number of carbonyl (C=O) groups is 1. The minimum atomic E-state index is -1.75. The van der Waals surface area contributed by atoms with Gasteiger partial charge in [0.15, 0.2) is 0 Å². The second-order valence-corrected chi connectivity index (χ2v) is 0.743. The molecule has 0 bridgehead atoms. The Morgan fingerprint density at radius 1 is 1.56 bits per heavy atom. The first-order valence-electron chi connectivity index (χ1n) is 1.48. The van der Waals surface area contributed by atoms with Gasteiger partial charge in [0, 0.05) is 43.8 Å². The fourth-order valence-electron chi connectivity index (χ4n) is 0. The minimum absolute atomic E-state index is 0. The predicted molar refractivity (Wildman–Crippen MR) is 23.7 cm³/mol. The van der Waals surface area contributed by atoms with Gasteiger partial charge in [0.05, 0.1) is 5.09 Å². The Kier molecular flexibility index (Phi) is 19.2.